The minimum Gasteiger partial charge on any atom is -0.465 e. The molecule has 1 aliphatic carbocycles. The van der Waals surface area contributed by atoms with Gasteiger partial charge in [-0.3, -0.25) is 4.79 Å². The van der Waals surface area contributed by atoms with Gasteiger partial charge in [0, 0.05) is 33.6 Å². The van der Waals surface area contributed by atoms with E-state index in [9.17, 15) is 9.59 Å². The summed E-state index contributed by atoms with van der Waals surface area (Å²) < 4.78 is 0. The van der Waals surface area contributed by atoms with Gasteiger partial charge in [0.25, 0.3) is 0 Å². The minimum atomic E-state index is -0.874. The van der Waals surface area contributed by atoms with Crippen molar-refractivity contribution in [2.45, 2.75) is 38.5 Å². The molecule has 2 N–H and O–H groups in total. The molecule has 0 aromatic rings. The van der Waals surface area contributed by atoms with Gasteiger partial charge < -0.3 is 20.0 Å². The number of carbonyl (C=O) groups is 2. The molecule has 0 saturated heterocycles. The standard InChI is InChI=1S/C15H28N2O4/c1-16(9-10-18)14(19)11-13-5-3-12(4-6-13)7-8-17(2)15(20)21/h12-13,18H,3-11H2,1-2H3,(H,20,21). The molecule has 0 atom stereocenters. The van der Waals surface area contributed by atoms with Crippen molar-refractivity contribution in [1.82, 2.24) is 9.80 Å². The maximum Gasteiger partial charge on any atom is 0.407 e. The normalized spacial score (nSPS) is 21.9. The minimum absolute atomic E-state index is 0.00603. The fourth-order valence-electron chi connectivity index (χ4n) is 2.87. The van der Waals surface area contributed by atoms with Crippen LogP contribution in [0.4, 0.5) is 4.79 Å². The zero-order valence-corrected chi connectivity index (χ0v) is 13.1. The van der Waals surface area contributed by atoms with Crippen LogP contribution in [0.25, 0.3) is 0 Å². The molecular weight excluding hydrogens is 272 g/mol. The molecule has 0 spiro atoms. The summed E-state index contributed by atoms with van der Waals surface area (Å²) in [6.45, 7) is 0.991. The smallest absolute Gasteiger partial charge is 0.407 e. The lowest BCUT2D eigenvalue weighted by molar-refractivity contribution is -0.131. The van der Waals surface area contributed by atoms with Crippen molar-refractivity contribution in [2.24, 2.45) is 11.8 Å². The Balaban J connectivity index is 2.23. The number of hydrogen-bond acceptors (Lipinski definition) is 3. The number of amides is 2. The van der Waals surface area contributed by atoms with E-state index in [1.807, 2.05) is 0 Å². The molecule has 0 unspecified atom stereocenters. The first-order valence-electron chi connectivity index (χ1n) is 7.73. The lowest BCUT2D eigenvalue weighted by Gasteiger charge is -2.30. The molecule has 0 aliphatic heterocycles. The first-order valence-corrected chi connectivity index (χ1v) is 7.73. The highest BCUT2D eigenvalue weighted by Gasteiger charge is 2.24. The summed E-state index contributed by atoms with van der Waals surface area (Å²) in [5.41, 5.74) is 0. The molecule has 0 aromatic heterocycles. The molecule has 1 fully saturated rings. The number of hydrogen-bond donors (Lipinski definition) is 2. The Hall–Kier alpha value is -1.30. The van der Waals surface area contributed by atoms with Crippen LogP contribution in [0.2, 0.25) is 0 Å². The average molecular weight is 300 g/mol. The van der Waals surface area contributed by atoms with Crippen LogP contribution in [-0.2, 0) is 4.79 Å². The van der Waals surface area contributed by atoms with Crippen molar-refractivity contribution in [2.75, 3.05) is 33.8 Å². The molecule has 1 aliphatic rings. The Labute approximate surface area is 126 Å². The van der Waals surface area contributed by atoms with Gasteiger partial charge in [-0.2, -0.15) is 0 Å². The SMILES string of the molecule is CN(CCC1CCC(CC(=O)N(C)CCO)CC1)C(=O)O. The second-order valence-corrected chi connectivity index (χ2v) is 6.12. The Morgan fingerprint density at radius 1 is 1.00 bits per heavy atom. The van der Waals surface area contributed by atoms with Gasteiger partial charge in [-0.1, -0.05) is 12.8 Å². The van der Waals surface area contributed by atoms with E-state index >= 15 is 0 Å². The van der Waals surface area contributed by atoms with Crippen LogP contribution in [0.5, 0.6) is 0 Å². The van der Waals surface area contributed by atoms with Crippen molar-refractivity contribution in [3.05, 3.63) is 0 Å². The Morgan fingerprint density at radius 2 is 1.57 bits per heavy atom. The maximum absolute atomic E-state index is 11.9. The number of rotatable bonds is 7. The highest BCUT2D eigenvalue weighted by atomic mass is 16.4. The molecule has 1 saturated carbocycles. The van der Waals surface area contributed by atoms with Crippen molar-refractivity contribution in [3.8, 4) is 0 Å². The molecule has 6 nitrogen and oxygen atoms in total. The number of likely N-dealkylation sites (N-methyl/N-ethyl adjacent to an activating group) is 1. The highest BCUT2D eigenvalue weighted by Crippen LogP contribution is 2.32. The third-order valence-corrected chi connectivity index (χ3v) is 4.49. The van der Waals surface area contributed by atoms with Gasteiger partial charge in [0.1, 0.15) is 0 Å². The van der Waals surface area contributed by atoms with Crippen molar-refractivity contribution in [3.63, 3.8) is 0 Å². The van der Waals surface area contributed by atoms with Gasteiger partial charge >= 0.3 is 6.09 Å². The fraction of sp³-hybridized carbons (Fsp3) is 0.867. The lowest BCUT2D eigenvalue weighted by Crippen LogP contribution is -2.32. The first kappa shape index (κ1) is 17.8. The summed E-state index contributed by atoms with van der Waals surface area (Å²) in [4.78, 5) is 25.6. The molecule has 1 rings (SSSR count). The van der Waals surface area contributed by atoms with E-state index in [4.69, 9.17) is 10.2 Å². The van der Waals surface area contributed by atoms with Gasteiger partial charge in [0.15, 0.2) is 0 Å². The summed E-state index contributed by atoms with van der Waals surface area (Å²) >= 11 is 0. The molecule has 0 radical (unpaired) electrons. The quantitative estimate of drug-likeness (QED) is 0.749. The number of nitrogens with zero attached hydrogens (tertiary/aromatic N) is 2. The molecule has 122 valence electrons. The summed E-state index contributed by atoms with van der Waals surface area (Å²) in [7, 11) is 3.33. The Morgan fingerprint density at radius 3 is 2.10 bits per heavy atom. The van der Waals surface area contributed by atoms with Crippen molar-refractivity contribution in [1.29, 1.82) is 0 Å². The summed E-state index contributed by atoms with van der Waals surface area (Å²) in [6.07, 6.45) is 4.85. The Bertz CT molecular complexity index is 341. The second kappa shape index (κ2) is 8.87. The monoisotopic (exact) mass is 300 g/mol. The van der Waals surface area contributed by atoms with Gasteiger partial charge in [0.05, 0.1) is 6.61 Å². The molecule has 6 heteroatoms. The largest absolute Gasteiger partial charge is 0.465 e. The molecule has 0 aromatic carbocycles. The molecule has 0 heterocycles. The van der Waals surface area contributed by atoms with Crippen molar-refractivity contribution >= 4 is 12.0 Å². The number of aliphatic hydroxyl groups is 1. The first-order chi connectivity index (χ1) is 9.93. The van der Waals surface area contributed by atoms with E-state index in [0.29, 0.717) is 31.3 Å². The van der Waals surface area contributed by atoms with Crippen molar-refractivity contribution < 1.29 is 19.8 Å². The lowest BCUT2D eigenvalue weighted by atomic mass is 9.79. The van der Waals surface area contributed by atoms with E-state index in [1.54, 1.807) is 19.0 Å². The summed E-state index contributed by atoms with van der Waals surface area (Å²) in [5, 5.41) is 17.6. The highest BCUT2D eigenvalue weighted by molar-refractivity contribution is 5.76. The third kappa shape index (κ3) is 6.33. The Kier molecular flexibility index (Phi) is 7.50. The fourth-order valence-corrected chi connectivity index (χ4v) is 2.87. The van der Waals surface area contributed by atoms with Crippen LogP contribution < -0.4 is 0 Å². The number of aliphatic hydroxyl groups excluding tert-OH is 1. The van der Waals surface area contributed by atoms with Crippen LogP contribution in [0.3, 0.4) is 0 Å². The zero-order chi connectivity index (χ0) is 15.8. The number of carbonyl (C=O) groups excluding carboxylic acids is 1. The van der Waals surface area contributed by atoms with E-state index in [-0.39, 0.29) is 12.5 Å². The zero-order valence-electron chi connectivity index (χ0n) is 13.1. The molecular formula is C15H28N2O4. The van der Waals surface area contributed by atoms with Crippen LogP contribution in [0, 0.1) is 11.8 Å². The second-order valence-electron chi connectivity index (χ2n) is 6.12. The predicted octanol–water partition coefficient (Wildman–Crippen LogP) is 1.63. The maximum atomic E-state index is 11.9. The number of carboxylic acid groups (broad SMARTS) is 1. The molecule has 0 bridgehead atoms. The van der Waals surface area contributed by atoms with E-state index in [1.165, 1.54) is 4.90 Å². The molecule has 21 heavy (non-hydrogen) atoms. The third-order valence-electron chi connectivity index (χ3n) is 4.49. The topological polar surface area (TPSA) is 81.1 Å². The van der Waals surface area contributed by atoms with E-state index in [0.717, 1.165) is 32.1 Å². The van der Waals surface area contributed by atoms with Gasteiger partial charge in [-0.25, -0.2) is 4.79 Å². The average Bonchev–Trinajstić information content (AvgIpc) is 2.46. The van der Waals surface area contributed by atoms with Crippen LogP contribution >= 0.6 is 0 Å². The summed E-state index contributed by atoms with van der Waals surface area (Å²) in [6, 6.07) is 0. The van der Waals surface area contributed by atoms with Crippen LogP contribution in [-0.4, -0.2) is 65.8 Å². The van der Waals surface area contributed by atoms with Crippen LogP contribution in [0.1, 0.15) is 38.5 Å². The van der Waals surface area contributed by atoms with E-state index in [2.05, 4.69) is 0 Å². The predicted molar refractivity (Wildman–Crippen MR) is 80.1 cm³/mol. The van der Waals surface area contributed by atoms with Gasteiger partial charge in [0.2, 0.25) is 5.91 Å². The van der Waals surface area contributed by atoms with Crippen LogP contribution in [0.15, 0.2) is 0 Å². The molecule has 2 amide bonds. The van der Waals surface area contributed by atoms with Gasteiger partial charge in [-0.15, -0.1) is 0 Å². The summed E-state index contributed by atoms with van der Waals surface area (Å²) in [5.74, 6) is 1.12. The van der Waals surface area contributed by atoms with E-state index < -0.39 is 6.09 Å². The van der Waals surface area contributed by atoms with Gasteiger partial charge in [-0.05, 0) is 31.1 Å².